The minimum Gasteiger partial charge on any atom is -0.489 e. The molecule has 3 rings (SSSR count). The van der Waals surface area contributed by atoms with Gasteiger partial charge < -0.3 is 24.7 Å². The molecule has 0 aliphatic carbocycles. The van der Waals surface area contributed by atoms with Gasteiger partial charge >= 0.3 is 0 Å². The van der Waals surface area contributed by atoms with Crippen LogP contribution in [-0.4, -0.2) is 36.8 Å². The number of nitrogens with one attached hydrogen (secondary N) is 2. The summed E-state index contributed by atoms with van der Waals surface area (Å²) in [6, 6.07) is 7.89. The van der Waals surface area contributed by atoms with Crippen LogP contribution in [0.1, 0.15) is 18.9 Å². The highest BCUT2D eigenvalue weighted by atomic mass is 127. The largest absolute Gasteiger partial charge is 0.489 e. The van der Waals surface area contributed by atoms with E-state index in [4.69, 9.17) is 21.1 Å². The van der Waals surface area contributed by atoms with Gasteiger partial charge in [0.15, 0.2) is 17.5 Å². The van der Waals surface area contributed by atoms with Crippen LogP contribution < -0.4 is 20.1 Å². The maximum absolute atomic E-state index is 6.35. The molecule has 0 saturated heterocycles. The van der Waals surface area contributed by atoms with Gasteiger partial charge in [0, 0.05) is 38.4 Å². The van der Waals surface area contributed by atoms with Crippen molar-refractivity contribution in [3.05, 3.63) is 47.2 Å². The number of benzene rings is 1. The predicted molar refractivity (Wildman–Crippen MR) is 120 cm³/mol. The topological polar surface area (TPSA) is 59.8 Å². The number of nitrogens with zero attached hydrogens (tertiary/aromatic N) is 2. The van der Waals surface area contributed by atoms with Crippen LogP contribution in [0.4, 0.5) is 0 Å². The Morgan fingerprint density at radius 3 is 2.74 bits per heavy atom. The first-order chi connectivity index (χ1) is 12.8. The van der Waals surface area contributed by atoms with Crippen molar-refractivity contribution in [2.75, 3.05) is 26.3 Å². The molecule has 1 aromatic heterocycles. The van der Waals surface area contributed by atoms with E-state index in [-0.39, 0.29) is 24.0 Å². The average molecular weight is 505 g/mol. The molecule has 2 heterocycles. The Morgan fingerprint density at radius 2 is 1.96 bits per heavy atom. The lowest BCUT2D eigenvalue weighted by atomic mass is 10.2. The second-order valence-electron chi connectivity index (χ2n) is 6.00. The molecule has 148 valence electrons. The van der Waals surface area contributed by atoms with Crippen molar-refractivity contribution in [2.45, 2.75) is 26.4 Å². The van der Waals surface area contributed by atoms with Crippen molar-refractivity contribution in [1.82, 2.24) is 15.2 Å². The molecule has 6 nitrogen and oxygen atoms in total. The molecule has 2 aromatic rings. The molecule has 0 saturated carbocycles. The zero-order chi connectivity index (χ0) is 18.2. The van der Waals surface area contributed by atoms with E-state index in [1.807, 2.05) is 43.6 Å². The van der Waals surface area contributed by atoms with Gasteiger partial charge in [0.1, 0.15) is 0 Å². The van der Waals surface area contributed by atoms with Crippen LogP contribution in [0.15, 0.2) is 41.7 Å². The first kappa shape index (κ1) is 21.7. The fourth-order valence-electron chi connectivity index (χ4n) is 2.71. The van der Waals surface area contributed by atoms with Crippen LogP contribution in [0.25, 0.3) is 0 Å². The minimum atomic E-state index is 0. The molecule has 1 aliphatic rings. The Bertz CT molecular complexity index is 738. The average Bonchev–Trinajstić information content (AvgIpc) is 3.03. The fourth-order valence-corrected chi connectivity index (χ4v) is 3.00. The highest BCUT2D eigenvalue weighted by Crippen LogP contribution is 2.38. The Labute approximate surface area is 182 Å². The fraction of sp³-hybridized carbons (Fsp3) is 0.421. The summed E-state index contributed by atoms with van der Waals surface area (Å²) in [5.41, 5.74) is 0.988. The third-order valence-corrected chi connectivity index (χ3v) is 4.24. The summed E-state index contributed by atoms with van der Waals surface area (Å²) in [7, 11) is 0. The van der Waals surface area contributed by atoms with Crippen molar-refractivity contribution in [3.63, 3.8) is 0 Å². The van der Waals surface area contributed by atoms with Crippen LogP contribution in [0.5, 0.6) is 11.5 Å². The van der Waals surface area contributed by atoms with E-state index in [1.165, 1.54) is 0 Å². The van der Waals surface area contributed by atoms with Crippen LogP contribution >= 0.6 is 35.6 Å². The molecular formula is C19H26ClIN4O2. The van der Waals surface area contributed by atoms with Gasteiger partial charge in [-0.1, -0.05) is 11.6 Å². The highest BCUT2D eigenvalue weighted by Gasteiger charge is 2.15. The number of hydrogen-bond acceptors (Lipinski definition) is 3. The number of fused-ring (bicyclic) bond motifs is 1. The van der Waals surface area contributed by atoms with Gasteiger partial charge in [0.25, 0.3) is 0 Å². The predicted octanol–water partition coefficient (Wildman–Crippen LogP) is 3.68. The maximum Gasteiger partial charge on any atom is 0.191 e. The van der Waals surface area contributed by atoms with Gasteiger partial charge in [-0.05, 0) is 36.8 Å². The summed E-state index contributed by atoms with van der Waals surface area (Å²) in [6.07, 6.45) is 4.95. The minimum absolute atomic E-state index is 0. The summed E-state index contributed by atoms with van der Waals surface area (Å²) >= 11 is 6.35. The number of ether oxygens (including phenoxy) is 2. The Kier molecular flexibility index (Phi) is 9.06. The summed E-state index contributed by atoms with van der Waals surface area (Å²) in [5.74, 6) is 2.11. The van der Waals surface area contributed by atoms with Crippen molar-refractivity contribution >= 4 is 41.5 Å². The molecule has 0 amide bonds. The number of halogens is 2. The highest BCUT2D eigenvalue weighted by molar-refractivity contribution is 14.0. The number of aromatic nitrogens is 1. The van der Waals surface area contributed by atoms with Gasteiger partial charge in [0.2, 0.25) is 0 Å². The Balaban J connectivity index is 0.00000261. The van der Waals surface area contributed by atoms with Gasteiger partial charge in [-0.3, -0.25) is 0 Å². The zero-order valence-corrected chi connectivity index (χ0v) is 18.5. The third kappa shape index (κ3) is 6.49. The zero-order valence-electron chi connectivity index (χ0n) is 15.4. The lowest BCUT2D eigenvalue weighted by molar-refractivity contribution is 0.297. The number of hydrogen-bond donors (Lipinski definition) is 2. The number of rotatable bonds is 6. The summed E-state index contributed by atoms with van der Waals surface area (Å²) < 4.78 is 13.5. The molecule has 27 heavy (non-hydrogen) atoms. The lowest BCUT2D eigenvalue weighted by Gasteiger charge is -2.13. The van der Waals surface area contributed by atoms with E-state index in [2.05, 4.69) is 20.2 Å². The van der Waals surface area contributed by atoms with Crippen LogP contribution in [0.2, 0.25) is 5.02 Å². The SMILES string of the molecule is CCNC(=NCc1cc(Cl)c2c(c1)OCCCO2)NCCn1cccc1.I. The van der Waals surface area contributed by atoms with E-state index in [0.29, 0.717) is 36.3 Å². The summed E-state index contributed by atoms with van der Waals surface area (Å²) in [6.45, 7) is 6.30. The second kappa shape index (κ2) is 11.3. The first-order valence-corrected chi connectivity index (χ1v) is 9.35. The van der Waals surface area contributed by atoms with Gasteiger partial charge in [0.05, 0.1) is 24.8 Å². The van der Waals surface area contributed by atoms with Crippen LogP contribution in [0, 0.1) is 0 Å². The van der Waals surface area contributed by atoms with Crippen LogP contribution in [-0.2, 0) is 13.1 Å². The number of guanidine groups is 1. The molecule has 0 atom stereocenters. The molecule has 0 fully saturated rings. The first-order valence-electron chi connectivity index (χ1n) is 8.97. The molecule has 0 radical (unpaired) electrons. The summed E-state index contributed by atoms with van der Waals surface area (Å²) in [4.78, 5) is 4.65. The molecule has 0 unspecified atom stereocenters. The molecule has 0 spiro atoms. The molecule has 1 aromatic carbocycles. The van der Waals surface area contributed by atoms with Gasteiger partial charge in [-0.2, -0.15) is 0 Å². The van der Waals surface area contributed by atoms with Gasteiger partial charge in [-0.25, -0.2) is 4.99 Å². The quantitative estimate of drug-likeness (QED) is 0.358. The standard InChI is InChI=1S/C19H25ClN4O2.HI/c1-2-21-19(22-6-9-24-7-3-4-8-24)23-14-15-12-16(20)18-17(13-15)25-10-5-11-26-18;/h3-4,7-8,12-13H,2,5-6,9-11,14H2,1H3,(H2,21,22,23);1H. The van der Waals surface area contributed by atoms with Crippen molar-refractivity contribution < 1.29 is 9.47 Å². The smallest absolute Gasteiger partial charge is 0.191 e. The second-order valence-corrected chi connectivity index (χ2v) is 6.41. The molecule has 2 N–H and O–H groups in total. The molecule has 1 aliphatic heterocycles. The van der Waals surface area contributed by atoms with E-state index in [1.54, 1.807) is 0 Å². The van der Waals surface area contributed by atoms with E-state index < -0.39 is 0 Å². The lowest BCUT2D eigenvalue weighted by Crippen LogP contribution is -2.38. The molecule has 0 bridgehead atoms. The Morgan fingerprint density at radius 1 is 1.19 bits per heavy atom. The van der Waals surface area contributed by atoms with Gasteiger partial charge in [-0.15, -0.1) is 24.0 Å². The normalized spacial score (nSPS) is 13.5. The number of aliphatic imine (C=N–C) groups is 1. The van der Waals surface area contributed by atoms with E-state index in [0.717, 1.165) is 37.6 Å². The molecule has 8 heteroatoms. The summed E-state index contributed by atoms with van der Waals surface area (Å²) in [5, 5.41) is 7.18. The van der Waals surface area contributed by atoms with Crippen molar-refractivity contribution in [2.24, 2.45) is 4.99 Å². The van der Waals surface area contributed by atoms with Crippen molar-refractivity contribution in [1.29, 1.82) is 0 Å². The van der Waals surface area contributed by atoms with Crippen LogP contribution in [0.3, 0.4) is 0 Å². The van der Waals surface area contributed by atoms with Crippen molar-refractivity contribution in [3.8, 4) is 11.5 Å². The molecular weight excluding hydrogens is 479 g/mol. The Hall–Kier alpha value is -1.61. The third-order valence-electron chi connectivity index (χ3n) is 3.95. The maximum atomic E-state index is 6.35. The van der Waals surface area contributed by atoms with E-state index >= 15 is 0 Å². The van der Waals surface area contributed by atoms with E-state index in [9.17, 15) is 0 Å². The monoisotopic (exact) mass is 504 g/mol.